The summed E-state index contributed by atoms with van der Waals surface area (Å²) in [6, 6.07) is 14.6. The van der Waals surface area contributed by atoms with Crippen LogP contribution in [0, 0.1) is 13.8 Å². The number of nitrogens with zero attached hydrogens (tertiary/aromatic N) is 3. The molecule has 2 aromatic heterocycles. The van der Waals surface area contributed by atoms with Crippen molar-refractivity contribution in [3.63, 3.8) is 0 Å². The van der Waals surface area contributed by atoms with Crippen LogP contribution in [0.2, 0.25) is 5.02 Å². The van der Waals surface area contributed by atoms with E-state index in [4.69, 9.17) is 11.6 Å². The number of hydrogen-bond donors (Lipinski definition) is 1. The molecule has 5 nitrogen and oxygen atoms in total. The molecule has 0 saturated carbocycles. The van der Waals surface area contributed by atoms with Gasteiger partial charge in [0.25, 0.3) is 5.91 Å². The number of rotatable bonds is 4. The molecule has 1 amide bonds. The van der Waals surface area contributed by atoms with Crippen molar-refractivity contribution in [2.24, 2.45) is 5.10 Å². The van der Waals surface area contributed by atoms with E-state index < -0.39 is 0 Å². The number of carbonyl (C=O) groups is 1. The summed E-state index contributed by atoms with van der Waals surface area (Å²) in [6.45, 7) is 3.99. The van der Waals surface area contributed by atoms with Crippen LogP contribution in [0.4, 0.5) is 0 Å². The zero-order valence-corrected chi connectivity index (χ0v) is 14.7. The Bertz CT molecular complexity index is 932. The summed E-state index contributed by atoms with van der Waals surface area (Å²) >= 11 is 6.01. The molecule has 126 valence electrons. The van der Waals surface area contributed by atoms with E-state index in [9.17, 15) is 4.79 Å². The Morgan fingerprint density at radius 2 is 1.96 bits per heavy atom. The van der Waals surface area contributed by atoms with Gasteiger partial charge in [-0.3, -0.25) is 4.79 Å². The maximum absolute atomic E-state index is 12.1. The summed E-state index contributed by atoms with van der Waals surface area (Å²) in [5.74, 6) is 0.498. The molecule has 0 spiro atoms. The lowest BCUT2D eigenvalue weighted by atomic mass is 10.2. The normalized spacial score (nSPS) is 11.0. The number of hydrogen-bond acceptors (Lipinski definition) is 3. The molecule has 0 aliphatic carbocycles. The molecule has 1 aromatic carbocycles. The number of aromatic nitrogens is 2. The van der Waals surface area contributed by atoms with Gasteiger partial charge in [-0.2, -0.15) is 5.10 Å². The minimum Gasteiger partial charge on any atom is -0.303 e. The second kappa shape index (κ2) is 7.32. The average Bonchev–Trinajstić information content (AvgIpc) is 2.89. The molecule has 3 rings (SSSR count). The van der Waals surface area contributed by atoms with Gasteiger partial charge < -0.3 is 4.57 Å². The van der Waals surface area contributed by atoms with Crippen molar-refractivity contribution < 1.29 is 4.79 Å². The van der Waals surface area contributed by atoms with Gasteiger partial charge >= 0.3 is 0 Å². The maximum Gasteiger partial charge on any atom is 0.272 e. The molecule has 0 aliphatic heterocycles. The zero-order chi connectivity index (χ0) is 17.8. The van der Waals surface area contributed by atoms with Crippen LogP contribution in [0.15, 0.2) is 59.8 Å². The van der Waals surface area contributed by atoms with Crippen LogP contribution in [0.3, 0.4) is 0 Å². The van der Waals surface area contributed by atoms with Gasteiger partial charge in [0.1, 0.15) is 5.82 Å². The first-order valence-electron chi connectivity index (χ1n) is 7.76. The Balaban J connectivity index is 1.79. The molecule has 1 N–H and O–H groups in total. The van der Waals surface area contributed by atoms with Gasteiger partial charge in [-0.1, -0.05) is 29.8 Å². The fraction of sp³-hybridized carbons (Fsp3) is 0.105. The number of nitrogens with one attached hydrogen (secondary N) is 1. The van der Waals surface area contributed by atoms with Crippen molar-refractivity contribution >= 4 is 23.7 Å². The smallest absolute Gasteiger partial charge is 0.272 e. The number of halogens is 1. The standard InChI is InChI=1S/C19H17ClN4O/c1-13-11-15(14(2)24(13)18-9-5-6-10-21-18)12-22-23-19(25)16-7-3-4-8-17(16)20/h3-12H,1-2H3,(H,23,25)/b22-12-. The third-order valence-corrected chi connectivity index (χ3v) is 4.17. The molecule has 0 aliphatic rings. The summed E-state index contributed by atoms with van der Waals surface area (Å²) in [6.07, 6.45) is 3.38. The van der Waals surface area contributed by atoms with Gasteiger partial charge in [-0.05, 0) is 44.2 Å². The minimum atomic E-state index is -0.347. The van der Waals surface area contributed by atoms with Gasteiger partial charge in [0.15, 0.2) is 0 Å². The molecule has 0 atom stereocenters. The lowest BCUT2D eigenvalue weighted by Gasteiger charge is -2.07. The Labute approximate surface area is 151 Å². The highest BCUT2D eigenvalue weighted by atomic mass is 35.5. The van der Waals surface area contributed by atoms with E-state index in [-0.39, 0.29) is 5.91 Å². The predicted octanol–water partition coefficient (Wildman–Crippen LogP) is 3.91. The maximum atomic E-state index is 12.1. The third-order valence-electron chi connectivity index (χ3n) is 3.84. The van der Waals surface area contributed by atoms with E-state index >= 15 is 0 Å². The number of hydrazone groups is 1. The summed E-state index contributed by atoms with van der Waals surface area (Å²) in [7, 11) is 0. The number of amides is 1. The summed E-state index contributed by atoms with van der Waals surface area (Å²) in [4.78, 5) is 16.5. The molecular weight excluding hydrogens is 336 g/mol. The SMILES string of the molecule is Cc1cc(/C=N\NC(=O)c2ccccc2Cl)c(C)n1-c1ccccn1. The first kappa shape index (κ1) is 16.9. The molecule has 0 radical (unpaired) electrons. The molecular formula is C19H17ClN4O. The van der Waals surface area contributed by atoms with Crippen LogP contribution >= 0.6 is 11.6 Å². The van der Waals surface area contributed by atoms with Crippen molar-refractivity contribution in [3.8, 4) is 5.82 Å². The van der Waals surface area contributed by atoms with Crippen LogP contribution in [0.5, 0.6) is 0 Å². The number of carbonyl (C=O) groups excluding carboxylic acids is 1. The molecule has 25 heavy (non-hydrogen) atoms. The monoisotopic (exact) mass is 352 g/mol. The van der Waals surface area contributed by atoms with Gasteiger partial charge in [0.2, 0.25) is 0 Å². The topological polar surface area (TPSA) is 59.3 Å². The van der Waals surface area contributed by atoms with Gasteiger partial charge in [0, 0.05) is 23.1 Å². The van der Waals surface area contributed by atoms with Crippen molar-refractivity contribution in [3.05, 3.63) is 82.3 Å². The van der Waals surface area contributed by atoms with Crippen LogP contribution in [-0.4, -0.2) is 21.7 Å². The van der Waals surface area contributed by atoms with Crippen LogP contribution in [-0.2, 0) is 0 Å². The third kappa shape index (κ3) is 3.61. The summed E-state index contributed by atoms with van der Waals surface area (Å²) < 4.78 is 2.04. The highest BCUT2D eigenvalue weighted by Crippen LogP contribution is 2.18. The van der Waals surface area contributed by atoms with E-state index in [0.717, 1.165) is 22.8 Å². The Hall–Kier alpha value is -2.92. The van der Waals surface area contributed by atoms with Crippen LogP contribution in [0.1, 0.15) is 27.3 Å². The number of pyridine rings is 1. The first-order chi connectivity index (χ1) is 12.1. The fourth-order valence-corrected chi connectivity index (χ4v) is 2.84. The van der Waals surface area contributed by atoms with Crippen molar-refractivity contribution in [1.82, 2.24) is 15.0 Å². The van der Waals surface area contributed by atoms with E-state index in [1.54, 1.807) is 36.7 Å². The second-order valence-corrected chi connectivity index (χ2v) is 5.94. The van der Waals surface area contributed by atoms with Gasteiger partial charge in [-0.25, -0.2) is 10.4 Å². The van der Waals surface area contributed by atoms with E-state index in [1.807, 2.05) is 42.7 Å². The molecule has 2 heterocycles. The molecule has 3 aromatic rings. The lowest BCUT2D eigenvalue weighted by molar-refractivity contribution is 0.0955. The van der Waals surface area contributed by atoms with Gasteiger partial charge in [-0.15, -0.1) is 0 Å². The second-order valence-electron chi connectivity index (χ2n) is 5.53. The van der Waals surface area contributed by atoms with E-state index in [2.05, 4.69) is 15.5 Å². The van der Waals surface area contributed by atoms with Crippen molar-refractivity contribution in [2.75, 3.05) is 0 Å². The van der Waals surface area contributed by atoms with Gasteiger partial charge in [0.05, 0.1) is 16.8 Å². The first-order valence-corrected chi connectivity index (χ1v) is 8.14. The Morgan fingerprint density at radius 1 is 1.20 bits per heavy atom. The highest BCUT2D eigenvalue weighted by molar-refractivity contribution is 6.33. The van der Waals surface area contributed by atoms with Crippen molar-refractivity contribution in [1.29, 1.82) is 0 Å². The molecule has 0 unspecified atom stereocenters. The largest absolute Gasteiger partial charge is 0.303 e. The molecule has 0 saturated heterocycles. The molecule has 0 bridgehead atoms. The predicted molar refractivity (Wildman–Crippen MR) is 99.6 cm³/mol. The fourth-order valence-electron chi connectivity index (χ4n) is 2.62. The molecule has 6 heteroatoms. The zero-order valence-electron chi connectivity index (χ0n) is 13.9. The highest BCUT2D eigenvalue weighted by Gasteiger charge is 2.11. The van der Waals surface area contributed by atoms with Crippen LogP contribution < -0.4 is 5.43 Å². The summed E-state index contributed by atoms with van der Waals surface area (Å²) in [5, 5.41) is 4.44. The average molecular weight is 353 g/mol. The van der Waals surface area contributed by atoms with Crippen molar-refractivity contribution in [2.45, 2.75) is 13.8 Å². The van der Waals surface area contributed by atoms with Crippen LogP contribution in [0.25, 0.3) is 5.82 Å². The number of aryl methyl sites for hydroxylation is 1. The summed E-state index contributed by atoms with van der Waals surface area (Å²) in [5.41, 5.74) is 5.83. The minimum absolute atomic E-state index is 0.347. The Kier molecular flexibility index (Phi) is 4.95. The Morgan fingerprint density at radius 3 is 2.68 bits per heavy atom. The quantitative estimate of drug-likeness (QED) is 0.571. The molecule has 0 fully saturated rings. The van der Waals surface area contributed by atoms with E-state index in [1.165, 1.54) is 0 Å². The number of benzene rings is 1. The van der Waals surface area contributed by atoms with E-state index in [0.29, 0.717) is 10.6 Å². The lowest BCUT2D eigenvalue weighted by Crippen LogP contribution is -2.18.